The lowest BCUT2D eigenvalue weighted by atomic mass is 10.2. The van der Waals surface area contributed by atoms with Crippen molar-refractivity contribution >= 4 is 6.21 Å². The van der Waals surface area contributed by atoms with Gasteiger partial charge in [0.1, 0.15) is 6.61 Å². The highest BCUT2D eigenvalue weighted by Crippen LogP contribution is 2.23. The number of benzene rings is 1. The average molecular weight is 239 g/mol. The molecule has 7 heteroatoms. The number of oxime groups is 1. The first-order valence-corrected chi connectivity index (χ1v) is 4.11. The highest BCUT2D eigenvalue weighted by atomic mass is 19.2. The van der Waals surface area contributed by atoms with Gasteiger partial charge < -0.3 is 4.84 Å². The molecule has 0 saturated carbocycles. The van der Waals surface area contributed by atoms with E-state index in [1.54, 1.807) is 0 Å². The van der Waals surface area contributed by atoms with Gasteiger partial charge in [0.15, 0.2) is 23.3 Å². The van der Waals surface area contributed by atoms with E-state index < -0.39 is 41.3 Å². The number of nitrogens with zero attached hydrogens (tertiary/aromatic N) is 1. The third-order valence-corrected chi connectivity index (χ3v) is 1.69. The highest BCUT2D eigenvalue weighted by Gasteiger charge is 2.25. The lowest BCUT2D eigenvalue weighted by molar-refractivity contribution is 0.124. The summed E-state index contributed by atoms with van der Waals surface area (Å²) in [6, 6.07) is 0. The molecule has 16 heavy (non-hydrogen) atoms. The molecule has 0 bridgehead atoms. The van der Waals surface area contributed by atoms with Crippen molar-refractivity contribution in [2.75, 3.05) is 0 Å². The Hall–Kier alpha value is -1.66. The molecule has 0 heterocycles. The molecule has 1 rings (SSSR count). The summed E-state index contributed by atoms with van der Waals surface area (Å²) in [4.78, 5) is 4.31. The summed E-state index contributed by atoms with van der Waals surface area (Å²) in [6.45, 7) is 0.620. The predicted octanol–water partition coefficient (Wildman–Crippen LogP) is 2.90. The molecule has 88 valence electrons. The average Bonchev–Trinajstić information content (AvgIpc) is 2.28. The van der Waals surface area contributed by atoms with E-state index in [0.29, 0.717) is 0 Å². The summed E-state index contributed by atoms with van der Waals surface area (Å²) in [5.41, 5.74) is -1.05. The molecule has 0 amide bonds. The summed E-state index contributed by atoms with van der Waals surface area (Å²) in [5.74, 6) is -10.0. The summed E-state index contributed by atoms with van der Waals surface area (Å²) in [7, 11) is 0. The van der Waals surface area contributed by atoms with Crippen LogP contribution in [0.15, 0.2) is 5.16 Å². The zero-order chi connectivity index (χ0) is 12.3. The number of hydrogen-bond acceptors (Lipinski definition) is 2. The molecule has 0 aliphatic heterocycles. The zero-order valence-electron chi connectivity index (χ0n) is 8.03. The minimum Gasteiger partial charge on any atom is -0.391 e. The van der Waals surface area contributed by atoms with E-state index in [4.69, 9.17) is 0 Å². The van der Waals surface area contributed by atoms with Crippen molar-refractivity contribution in [2.45, 2.75) is 13.5 Å². The molecule has 0 N–H and O–H groups in total. The lowest BCUT2D eigenvalue weighted by Crippen LogP contribution is -2.07. The lowest BCUT2D eigenvalue weighted by Gasteiger charge is -2.06. The Morgan fingerprint density at radius 3 is 1.81 bits per heavy atom. The molecule has 0 aliphatic carbocycles. The van der Waals surface area contributed by atoms with Gasteiger partial charge in [0.25, 0.3) is 0 Å². The Labute approximate surface area is 87.3 Å². The Balaban J connectivity index is 3.18. The maximum absolute atomic E-state index is 13.0. The summed E-state index contributed by atoms with van der Waals surface area (Å²) < 4.78 is 63.9. The second-order valence-electron chi connectivity index (χ2n) is 2.69. The molecule has 0 aliphatic rings. The molecule has 0 spiro atoms. The monoisotopic (exact) mass is 239 g/mol. The fourth-order valence-electron chi connectivity index (χ4n) is 0.953. The second-order valence-corrected chi connectivity index (χ2v) is 2.69. The van der Waals surface area contributed by atoms with Crippen LogP contribution >= 0.6 is 0 Å². The minimum atomic E-state index is -2.20. The van der Waals surface area contributed by atoms with E-state index in [-0.39, 0.29) is 0 Å². The van der Waals surface area contributed by atoms with Crippen LogP contribution in [0.25, 0.3) is 0 Å². The van der Waals surface area contributed by atoms with Gasteiger partial charge in [-0.3, -0.25) is 0 Å². The van der Waals surface area contributed by atoms with E-state index in [1.807, 2.05) is 0 Å². The molecular formula is C9H6F5NO. The highest BCUT2D eigenvalue weighted by molar-refractivity contribution is 5.52. The van der Waals surface area contributed by atoms with Crippen molar-refractivity contribution in [2.24, 2.45) is 5.16 Å². The van der Waals surface area contributed by atoms with Gasteiger partial charge in [-0.15, -0.1) is 0 Å². The van der Waals surface area contributed by atoms with Gasteiger partial charge in [-0.05, 0) is 6.92 Å². The molecule has 0 fully saturated rings. The maximum atomic E-state index is 13.0. The standard InChI is InChI=1S/C9H6F5NO/c1-2-15-16-3-4-5(10)7(12)9(14)8(13)6(4)11/h2H,3H2,1H3/b15-2-. The van der Waals surface area contributed by atoms with Gasteiger partial charge in [-0.25, -0.2) is 22.0 Å². The first-order chi connectivity index (χ1) is 7.50. The van der Waals surface area contributed by atoms with E-state index in [1.165, 1.54) is 6.92 Å². The Kier molecular flexibility index (Phi) is 3.81. The van der Waals surface area contributed by atoms with Crippen molar-refractivity contribution in [3.8, 4) is 0 Å². The fourth-order valence-corrected chi connectivity index (χ4v) is 0.953. The van der Waals surface area contributed by atoms with Crippen molar-refractivity contribution in [3.05, 3.63) is 34.6 Å². The quantitative estimate of drug-likeness (QED) is 0.261. The van der Waals surface area contributed by atoms with Crippen LogP contribution in [0, 0.1) is 29.1 Å². The molecule has 0 aromatic heterocycles. The molecule has 0 atom stereocenters. The Bertz CT molecular complexity index is 403. The largest absolute Gasteiger partial charge is 0.391 e. The zero-order valence-corrected chi connectivity index (χ0v) is 8.03. The fraction of sp³-hybridized carbons (Fsp3) is 0.222. The van der Waals surface area contributed by atoms with Gasteiger partial charge in [0.2, 0.25) is 5.82 Å². The van der Waals surface area contributed by atoms with Gasteiger partial charge in [-0.2, -0.15) is 0 Å². The smallest absolute Gasteiger partial charge is 0.200 e. The topological polar surface area (TPSA) is 21.6 Å². The third-order valence-electron chi connectivity index (χ3n) is 1.69. The van der Waals surface area contributed by atoms with Gasteiger partial charge in [-0.1, -0.05) is 5.16 Å². The van der Waals surface area contributed by atoms with Gasteiger partial charge in [0, 0.05) is 6.21 Å². The van der Waals surface area contributed by atoms with Gasteiger partial charge >= 0.3 is 0 Å². The molecule has 1 aromatic rings. The van der Waals surface area contributed by atoms with Crippen LogP contribution in [-0.2, 0) is 11.4 Å². The van der Waals surface area contributed by atoms with Crippen LogP contribution in [0.5, 0.6) is 0 Å². The van der Waals surface area contributed by atoms with Crippen LogP contribution in [0.1, 0.15) is 12.5 Å². The summed E-state index contributed by atoms with van der Waals surface area (Å²) >= 11 is 0. The molecular weight excluding hydrogens is 233 g/mol. The van der Waals surface area contributed by atoms with E-state index in [0.717, 1.165) is 6.21 Å². The van der Waals surface area contributed by atoms with E-state index in [9.17, 15) is 22.0 Å². The Morgan fingerprint density at radius 1 is 0.938 bits per heavy atom. The van der Waals surface area contributed by atoms with Crippen LogP contribution in [-0.4, -0.2) is 6.21 Å². The minimum absolute atomic E-state index is 0.837. The molecule has 0 radical (unpaired) electrons. The van der Waals surface area contributed by atoms with E-state index in [2.05, 4.69) is 9.99 Å². The van der Waals surface area contributed by atoms with Crippen LogP contribution < -0.4 is 0 Å². The van der Waals surface area contributed by atoms with Crippen molar-refractivity contribution < 1.29 is 26.8 Å². The van der Waals surface area contributed by atoms with Crippen molar-refractivity contribution in [1.29, 1.82) is 0 Å². The van der Waals surface area contributed by atoms with Crippen molar-refractivity contribution in [1.82, 2.24) is 0 Å². The van der Waals surface area contributed by atoms with Crippen molar-refractivity contribution in [3.63, 3.8) is 0 Å². The normalized spacial score (nSPS) is 11.1. The SMILES string of the molecule is C/C=N\OCc1c(F)c(F)c(F)c(F)c1F. The van der Waals surface area contributed by atoms with Gasteiger partial charge in [0.05, 0.1) is 5.56 Å². The van der Waals surface area contributed by atoms with Crippen LogP contribution in [0.3, 0.4) is 0 Å². The maximum Gasteiger partial charge on any atom is 0.200 e. The molecule has 0 unspecified atom stereocenters. The molecule has 1 aromatic carbocycles. The number of halogens is 5. The van der Waals surface area contributed by atoms with Crippen LogP contribution in [0.2, 0.25) is 0 Å². The first-order valence-electron chi connectivity index (χ1n) is 4.11. The molecule has 2 nitrogen and oxygen atoms in total. The summed E-state index contributed by atoms with van der Waals surface area (Å²) in [6.07, 6.45) is 1.16. The van der Waals surface area contributed by atoms with Crippen LogP contribution in [0.4, 0.5) is 22.0 Å². The number of rotatable bonds is 3. The third kappa shape index (κ3) is 2.12. The molecule has 0 saturated heterocycles. The second kappa shape index (κ2) is 4.91. The summed E-state index contributed by atoms with van der Waals surface area (Å²) in [5, 5.41) is 3.13. The number of hydrogen-bond donors (Lipinski definition) is 0. The first kappa shape index (κ1) is 12.4. The predicted molar refractivity (Wildman–Crippen MR) is 45.2 cm³/mol. The Morgan fingerprint density at radius 2 is 1.38 bits per heavy atom. The van der Waals surface area contributed by atoms with E-state index >= 15 is 0 Å².